The molecule has 3 unspecified atom stereocenters. The zero-order chi connectivity index (χ0) is 62.2. The summed E-state index contributed by atoms with van der Waals surface area (Å²) in [4.78, 5) is 72.1. The summed E-state index contributed by atoms with van der Waals surface area (Å²) in [5.41, 5.74) is 0. The van der Waals surface area contributed by atoms with Crippen LogP contribution in [0.15, 0.2) is 0 Å². The highest BCUT2D eigenvalue weighted by molar-refractivity contribution is 7.47. The predicted octanol–water partition coefficient (Wildman–Crippen LogP) is 18.0. The van der Waals surface area contributed by atoms with Crippen molar-refractivity contribution in [2.24, 2.45) is 11.8 Å². The van der Waals surface area contributed by atoms with E-state index in [1.54, 1.807) is 0 Å². The molecule has 0 rings (SSSR count). The first-order valence-electron chi connectivity index (χ1n) is 34.0. The maximum atomic E-state index is 13.0. The number of hydrogen-bond acceptors (Lipinski definition) is 15. The van der Waals surface area contributed by atoms with Gasteiger partial charge in [0.1, 0.15) is 19.3 Å². The molecule has 84 heavy (non-hydrogen) atoms. The van der Waals surface area contributed by atoms with Crippen molar-refractivity contribution in [1.29, 1.82) is 0 Å². The first-order valence-corrected chi connectivity index (χ1v) is 37.0. The summed E-state index contributed by atoms with van der Waals surface area (Å²) in [6.45, 7) is 9.42. The molecule has 3 N–H and O–H groups in total. The number of phosphoric acid groups is 2. The van der Waals surface area contributed by atoms with Crippen LogP contribution in [0.4, 0.5) is 0 Å². The van der Waals surface area contributed by atoms with Crippen molar-refractivity contribution in [2.75, 3.05) is 39.6 Å². The van der Waals surface area contributed by atoms with Crippen LogP contribution in [0.1, 0.15) is 324 Å². The lowest BCUT2D eigenvalue weighted by Gasteiger charge is -2.21. The smallest absolute Gasteiger partial charge is 0.462 e. The van der Waals surface area contributed by atoms with Crippen molar-refractivity contribution < 1.29 is 80.2 Å². The number of ether oxygens (including phenoxy) is 4. The third kappa shape index (κ3) is 57.8. The largest absolute Gasteiger partial charge is 0.472 e. The Morgan fingerprint density at radius 1 is 0.345 bits per heavy atom. The number of aliphatic hydroxyl groups excluding tert-OH is 1. The summed E-state index contributed by atoms with van der Waals surface area (Å²) in [6.07, 6.45) is 40.6. The molecule has 0 heterocycles. The van der Waals surface area contributed by atoms with Crippen molar-refractivity contribution in [3.8, 4) is 0 Å². The number of rotatable bonds is 64. The fourth-order valence-corrected chi connectivity index (χ4v) is 11.3. The van der Waals surface area contributed by atoms with Gasteiger partial charge in [-0.15, -0.1) is 0 Å². The van der Waals surface area contributed by atoms with Crippen molar-refractivity contribution >= 4 is 39.5 Å². The van der Waals surface area contributed by atoms with Gasteiger partial charge in [-0.1, -0.05) is 273 Å². The van der Waals surface area contributed by atoms with Crippen LogP contribution in [0, 0.1) is 11.8 Å². The quantitative estimate of drug-likeness (QED) is 0.0222. The van der Waals surface area contributed by atoms with Crippen LogP contribution in [0.25, 0.3) is 0 Å². The summed E-state index contributed by atoms with van der Waals surface area (Å²) < 4.78 is 67.9. The molecule has 0 radical (unpaired) electrons. The topological polar surface area (TPSA) is 237 Å². The van der Waals surface area contributed by atoms with Crippen LogP contribution >= 0.6 is 15.6 Å². The molecule has 498 valence electrons. The van der Waals surface area contributed by atoms with Gasteiger partial charge in [0.25, 0.3) is 0 Å². The van der Waals surface area contributed by atoms with E-state index in [9.17, 15) is 43.2 Å². The van der Waals surface area contributed by atoms with Crippen LogP contribution < -0.4 is 0 Å². The van der Waals surface area contributed by atoms with E-state index in [-0.39, 0.29) is 25.7 Å². The zero-order valence-electron chi connectivity index (χ0n) is 54.2. The first-order chi connectivity index (χ1) is 40.4. The van der Waals surface area contributed by atoms with Gasteiger partial charge in [0.15, 0.2) is 12.2 Å². The van der Waals surface area contributed by atoms with Gasteiger partial charge in [0.2, 0.25) is 0 Å². The van der Waals surface area contributed by atoms with Gasteiger partial charge in [-0.05, 0) is 37.5 Å². The van der Waals surface area contributed by atoms with Gasteiger partial charge in [-0.3, -0.25) is 37.3 Å². The van der Waals surface area contributed by atoms with Crippen molar-refractivity contribution in [3.63, 3.8) is 0 Å². The van der Waals surface area contributed by atoms with Crippen LogP contribution in [0.5, 0.6) is 0 Å². The Morgan fingerprint density at radius 3 is 0.905 bits per heavy atom. The van der Waals surface area contributed by atoms with Gasteiger partial charge in [-0.25, -0.2) is 9.13 Å². The molecule has 19 heteroatoms. The predicted molar refractivity (Wildman–Crippen MR) is 335 cm³/mol. The first kappa shape index (κ1) is 82.1. The van der Waals surface area contributed by atoms with Crippen LogP contribution in [0.3, 0.4) is 0 Å². The molecule has 6 atom stereocenters. The zero-order valence-corrected chi connectivity index (χ0v) is 56.0. The second kappa shape index (κ2) is 57.5. The summed E-state index contributed by atoms with van der Waals surface area (Å²) in [7, 11) is -9.88. The number of esters is 4. The maximum Gasteiger partial charge on any atom is 0.472 e. The molecule has 0 aliphatic heterocycles. The summed E-state index contributed by atoms with van der Waals surface area (Å²) in [5.74, 6) is -0.625. The van der Waals surface area contributed by atoms with E-state index >= 15 is 0 Å². The second-order valence-corrected chi connectivity index (χ2v) is 27.1. The van der Waals surface area contributed by atoms with E-state index in [4.69, 9.17) is 37.0 Å². The fourth-order valence-electron chi connectivity index (χ4n) is 9.68. The Kier molecular flexibility index (Phi) is 56.2. The van der Waals surface area contributed by atoms with E-state index in [0.717, 1.165) is 109 Å². The minimum absolute atomic E-state index is 0.102. The Morgan fingerprint density at radius 2 is 0.607 bits per heavy atom. The Labute approximate surface area is 511 Å². The number of phosphoric ester groups is 2. The molecule has 0 bridgehead atoms. The molecule has 0 fully saturated rings. The highest BCUT2D eigenvalue weighted by atomic mass is 31.2. The summed E-state index contributed by atoms with van der Waals surface area (Å²) in [6, 6.07) is 0. The van der Waals surface area contributed by atoms with Crippen LogP contribution in [0.2, 0.25) is 0 Å². The normalized spacial score (nSPS) is 14.6. The maximum absolute atomic E-state index is 13.0. The highest BCUT2D eigenvalue weighted by Crippen LogP contribution is 2.45. The van der Waals surface area contributed by atoms with Gasteiger partial charge >= 0.3 is 39.5 Å². The van der Waals surface area contributed by atoms with Gasteiger partial charge in [0.05, 0.1) is 26.4 Å². The highest BCUT2D eigenvalue weighted by Gasteiger charge is 2.30. The Balaban J connectivity index is 5.16. The average Bonchev–Trinajstić information content (AvgIpc) is 3.57. The van der Waals surface area contributed by atoms with Gasteiger partial charge < -0.3 is 33.8 Å². The van der Waals surface area contributed by atoms with E-state index < -0.39 is 97.5 Å². The molecule has 0 saturated carbocycles. The Hall–Kier alpha value is -1.94. The average molecular weight is 1240 g/mol. The molecular formula is C65H126O17P2. The van der Waals surface area contributed by atoms with Crippen LogP contribution in [-0.4, -0.2) is 96.7 Å². The van der Waals surface area contributed by atoms with Crippen molar-refractivity contribution in [1.82, 2.24) is 0 Å². The molecule has 0 aliphatic carbocycles. The third-order valence-electron chi connectivity index (χ3n) is 15.3. The van der Waals surface area contributed by atoms with Gasteiger partial charge in [0, 0.05) is 25.7 Å². The lowest BCUT2D eigenvalue weighted by atomic mass is 9.99. The second-order valence-electron chi connectivity index (χ2n) is 24.2. The molecule has 0 saturated heterocycles. The number of carbonyl (C=O) groups is 4. The minimum Gasteiger partial charge on any atom is -0.462 e. The standard InChI is InChI=1S/C65H126O17P2/c1-7-10-12-14-16-17-25-29-36-42-48-63(68)76-54-60(81-64(69)49-43-37-30-26-23-21-19-18-20-22-24-28-34-40-46-58(6)9-3)55-79-83(71,72)77-51-59(66)52-78-84(73,74)80-56-61(53-75-62(67)47-41-35-27-15-13-11-8-2)82-65(70)50-44-38-32-31-33-39-45-57(4)5/h57-61,66H,7-56H2,1-6H3,(H,71,72)(H,73,74)/t58?,59-,60-,61-/m1/s1. The summed E-state index contributed by atoms with van der Waals surface area (Å²) >= 11 is 0. The van der Waals surface area contributed by atoms with E-state index in [1.807, 2.05) is 0 Å². The fraction of sp³-hybridized carbons (Fsp3) is 0.938. The lowest BCUT2D eigenvalue weighted by Crippen LogP contribution is -2.30. The summed E-state index contributed by atoms with van der Waals surface area (Å²) in [5, 5.41) is 10.5. The Bertz CT molecular complexity index is 1650. The minimum atomic E-state index is -4.94. The van der Waals surface area contributed by atoms with Crippen molar-refractivity contribution in [2.45, 2.75) is 342 Å². The molecule has 0 amide bonds. The molecule has 0 spiro atoms. The van der Waals surface area contributed by atoms with E-state index in [1.165, 1.54) is 128 Å². The monoisotopic (exact) mass is 1240 g/mol. The molecule has 17 nitrogen and oxygen atoms in total. The number of carbonyl (C=O) groups excluding carboxylic acids is 4. The molecule has 0 aromatic rings. The van der Waals surface area contributed by atoms with Gasteiger partial charge in [-0.2, -0.15) is 0 Å². The number of hydrogen-bond donors (Lipinski definition) is 3. The number of unbranched alkanes of at least 4 members (excludes halogenated alkanes) is 33. The van der Waals surface area contributed by atoms with Crippen LogP contribution in [-0.2, 0) is 65.4 Å². The molecule has 0 aliphatic rings. The molecular weight excluding hydrogens is 1110 g/mol. The third-order valence-corrected chi connectivity index (χ3v) is 17.2. The SMILES string of the molecule is CCCCCCCCCCCCC(=O)OC[C@H](COP(=O)(O)OC[C@@H](O)COP(=O)(O)OC[C@@H](COC(=O)CCCCCCCCC)OC(=O)CCCCCCCCC(C)C)OC(=O)CCCCCCCCCCCCCCCCC(C)CC. The molecule has 0 aromatic carbocycles. The van der Waals surface area contributed by atoms with Crippen molar-refractivity contribution in [3.05, 3.63) is 0 Å². The van der Waals surface area contributed by atoms with E-state index in [2.05, 4.69) is 41.5 Å². The number of aliphatic hydroxyl groups is 1. The molecule has 0 aromatic heterocycles. The van der Waals surface area contributed by atoms with E-state index in [0.29, 0.717) is 31.6 Å². The lowest BCUT2D eigenvalue weighted by molar-refractivity contribution is -0.161.